The van der Waals surface area contributed by atoms with Gasteiger partial charge in [0, 0.05) is 32.7 Å². The Morgan fingerprint density at radius 1 is 1.30 bits per heavy atom. The Bertz CT molecular complexity index is 584. The summed E-state index contributed by atoms with van der Waals surface area (Å²) < 4.78 is 13.1. The predicted molar refractivity (Wildman–Crippen MR) is 87.1 cm³/mol. The molecule has 2 aliphatic rings. The quantitative estimate of drug-likeness (QED) is 0.919. The van der Waals surface area contributed by atoms with Crippen LogP contribution < -0.4 is 0 Å². The van der Waals surface area contributed by atoms with E-state index in [2.05, 4.69) is 4.90 Å². The molecule has 0 bridgehead atoms. The van der Waals surface area contributed by atoms with Gasteiger partial charge in [0.2, 0.25) is 0 Å². The largest absolute Gasteiger partial charge is 0.392 e. The van der Waals surface area contributed by atoms with Crippen molar-refractivity contribution in [2.24, 2.45) is 5.92 Å². The van der Waals surface area contributed by atoms with Crippen molar-refractivity contribution in [3.8, 4) is 0 Å². The van der Waals surface area contributed by atoms with Gasteiger partial charge in [-0.05, 0) is 43.4 Å². The maximum atomic E-state index is 13.1. The van der Waals surface area contributed by atoms with E-state index < -0.39 is 5.82 Å². The van der Waals surface area contributed by atoms with Crippen molar-refractivity contribution in [2.75, 3.05) is 32.7 Å². The average Bonchev–Trinajstić information content (AvgIpc) is 2.92. The molecule has 1 aromatic carbocycles. The molecular formula is C17H22ClFN2O2. The lowest BCUT2D eigenvalue weighted by molar-refractivity contribution is 0.0642. The minimum absolute atomic E-state index is 0.124. The fourth-order valence-corrected chi connectivity index (χ4v) is 3.82. The average molecular weight is 341 g/mol. The van der Waals surface area contributed by atoms with Crippen molar-refractivity contribution in [1.82, 2.24) is 9.80 Å². The lowest BCUT2D eigenvalue weighted by atomic mass is 9.96. The SMILES string of the molecule is O=C(c1ccc(F)cc1Cl)N1CCCC(CN2CCC(O)C2)C1. The van der Waals surface area contributed by atoms with Crippen LogP contribution >= 0.6 is 11.6 Å². The van der Waals surface area contributed by atoms with Gasteiger partial charge in [-0.3, -0.25) is 4.79 Å². The number of rotatable bonds is 3. The Morgan fingerprint density at radius 2 is 2.13 bits per heavy atom. The number of amides is 1. The second-order valence-corrected chi connectivity index (χ2v) is 6.99. The van der Waals surface area contributed by atoms with Gasteiger partial charge in [0.1, 0.15) is 5.82 Å². The van der Waals surface area contributed by atoms with Gasteiger partial charge in [-0.1, -0.05) is 11.6 Å². The lowest BCUT2D eigenvalue weighted by Gasteiger charge is -2.35. The number of carbonyl (C=O) groups excluding carboxylic acids is 1. The molecule has 1 N–H and O–H groups in total. The Kier molecular flexibility index (Phi) is 5.19. The van der Waals surface area contributed by atoms with Crippen LogP contribution in [0.2, 0.25) is 5.02 Å². The van der Waals surface area contributed by atoms with E-state index in [1.807, 2.05) is 4.90 Å². The molecule has 2 atom stereocenters. The molecule has 23 heavy (non-hydrogen) atoms. The number of likely N-dealkylation sites (tertiary alicyclic amines) is 2. The first kappa shape index (κ1) is 16.7. The summed E-state index contributed by atoms with van der Waals surface area (Å²) in [5.74, 6) is -0.144. The molecular weight excluding hydrogens is 319 g/mol. The Balaban J connectivity index is 1.62. The molecule has 126 valence electrons. The second kappa shape index (κ2) is 7.16. The molecule has 0 aromatic heterocycles. The molecule has 0 aliphatic carbocycles. The first-order valence-electron chi connectivity index (χ1n) is 8.17. The Labute approximate surface area is 140 Å². The maximum Gasteiger partial charge on any atom is 0.255 e. The number of piperidine rings is 1. The van der Waals surface area contributed by atoms with Gasteiger partial charge in [0.15, 0.2) is 0 Å². The van der Waals surface area contributed by atoms with Crippen molar-refractivity contribution in [2.45, 2.75) is 25.4 Å². The van der Waals surface area contributed by atoms with E-state index in [0.717, 1.165) is 38.9 Å². The third kappa shape index (κ3) is 4.03. The highest BCUT2D eigenvalue weighted by Crippen LogP contribution is 2.24. The molecule has 2 saturated heterocycles. The van der Waals surface area contributed by atoms with Crippen LogP contribution in [0.4, 0.5) is 4.39 Å². The molecule has 2 heterocycles. The highest BCUT2D eigenvalue weighted by atomic mass is 35.5. The molecule has 0 saturated carbocycles. The van der Waals surface area contributed by atoms with Crippen molar-refractivity contribution < 1.29 is 14.3 Å². The maximum absolute atomic E-state index is 13.1. The van der Waals surface area contributed by atoms with E-state index in [4.69, 9.17) is 11.6 Å². The number of hydrogen-bond donors (Lipinski definition) is 1. The first-order chi connectivity index (χ1) is 11.0. The van der Waals surface area contributed by atoms with Gasteiger partial charge in [-0.25, -0.2) is 4.39 Å². The van der Waals surface area contributed by atoms with Crippen molar-refractivity contribution in [3.63, 3.8) is 0 Å². The molecule has 0 spiro atoms. The summed E-state index contributed by atoms with van der Waals surface area (Å²) in [5, 5.41) is 9.79. The van der Waals surface area contributed by atoms with Crippen LogP contribution in [0.15, 0.2) is 18.2 Å². The number of carbonyl (C=O) groups is 1. The van der Waals surface area contributed by atoms with Gasteiger partial charge in [0.25, 0.3) is 5.91 Å². The third-order valence-corrected chi connectivity index (χ3v) is 5.04. The number of aliphatic hydroxyl groups excluding tert-OH is 1. The van der Waals surface area contributed by atoms with Gasteiger partial charge < -0.3 is 14.9 Å². The van der Waals surface area contributed by atoms with Crippen molar-refractivity contribution in [1.29, 1.82) is 0 Å². The van der Waals surface area contributed by atoms with E-state index in [-0.39, 0.29) is 17.0 Å². The summed E-state index contributed by atoms with van der Waals surface area (Å²) in [6.07, 6.45) is 2.68. The Morgan fingerprint density at radius 3 is 2.83 bits per heavy atom. The smallest absolute Gasteiger partial charge is 0.255 e. The summed E-state index contributed by atoms with van der Waals surface area (Å²) in [6, 6.07) is 3.91. The second-order valence-electron chi connectivity index (χ2n) is 6.59. The molecule has 1 aromatic rings. The summed E-state index contributed by atoms with van der Waals surface area (Å²) in [4.78, 5) is 16.7. The van der Waals surface area contributed by atoms with Crippen LogP contribution in [0.1, 0.15) is 29.6 Å². The van der Waals surface area contributed by atoms with Gasteiger partial charge in [0.05, 0.1) is 16.7 Å². The number of aliphatic hydroxyl groups is 1. The fourth-order valence-electron chi connectivity index (χ4n) is 3.57. The first-order valence-corrected chi connectivity index (χ1v) is 8.55. The standard InChI is InChI=1S/C17H22ClFN2O2/c18-16-8-13(19)3-4-15(16)17(23)21-6-1-2-12(10-21)9-20-7-5-14(22)11-20/h3-4,8,12,14,22H,1-2,5-7,9-11H2. The number of β-amino-alcohol motifs (C(OH)–C–C–N with tert-alkyl or cyclic N) is 1. The molecule has 6 heteroatoms. The van der Waals surface area contributed by atoms with E-state index >= 15 is 0 Å². The van der Waals surface area contributed by atoms with Crippen LogP contribution in [0.3, 0.4) is 0 Å². The minimum atomic E-state index is -0.435. The van der Waals surface area contributed by atoms with Crippen molar-refractivity contribution >= 4 is 17.5 Å². The summed E-state index contributed by atoms with van der Waals surface area (Å²) in [5.41, 5.74) is 0.366. The van der Waals surface area contributed by atoms with Crippen LogP contribution in [0.25, 0.3) is 0 Å². The predicted octanol–water partition coefficient (Wildman–Crippen LogP) is 2.40. The number of nitrogens with zero attached hydrogens (tertiary/aromatic N) is 2. The molecule has 4 nitrogen and oxygen atoms in total. The number of benzene rings is 1. The molecule has 2 aliphatic heterocycles. The monoisotopic (exact) mass is 340 g/mol. The van der Waals surface area contributed by atoms with E-state index in [9.17, 15) is 14.3 Å². The topological polar surface area (TPSA) is 43.8 Å². The van der Waals surface area contributed by atoms with E-state index in [0.29, 0.717) is 24.6 Å². The lowest BCUT2D eigenvalue weighted by Crippen LogP contribution is -2.43. The zero-order valence-electron chi connectivity index (χ0n) is 13.0. The molecule has 0 radical (unpaired) electrons. The minimum Gasteiger partial charge on any atom is -0.392 e. The zero-order valence-corrected chi connectivity index (χ0v) is 13.8. The van der Waals surface area contributed by atoms with Crippen molar-refractivity contribution in [3.05, 3.63) is 34.6 Å². The Hall–Kier alpha value is -1.17. The summed E-state index contributed by atoms with van der Waals surface area (Å²) in [6.45, 7) is 3.98. The zero-order chi connectivity index (χ0) is 16.4. The summed E-state index contributed by atoms with van der Waals surface area (Å²) >= 11 is 6.01. The highest BCUT2D eigenvalue weighted by molar-refractivity contribution is 6.33. The summed E-state index contributed by atoms with van der Waals surface area (Å²) in [7, 11) is 0. The van der Waals surface area contributed by atoms with Crippen LogP contribution in [0, 0.1) is 11.7 Å². The third-order valence-electron chi connectivity index (χ3n) is 4.73. The van der Waals surface area contributed by atoms with Crippen LogP contribution in [0.5, 0.6) is 0 Å². The highest BCUT2D eigenvalue weighted by Gasteiger charge is 2.29. The number of halogens is 2. The van der Waals surface area contributed by atoms with Crippen LogP contribution in [-0.2, 0) is 0 Å². The fraction of sp³-hybridized carbons (Fsp3) is 0.588. The molecule has 1 amide bonds. The van der Waals surface area contributed by atoms with E-state index in [1.165, 1.54) is 18.2 Å². The molecule has 2 unspecified atom stereocenters. The van der Waals surface area contributed by atoms with E-state index in [1.54, 1.807) is 0 Å². The number of hydrogen-bond acceptors (Lipinski definition) is 3. The van der Waals surface area contributed by atoms with Gasteiger partial charge in [-0.2, -0.15) is 0 Å². The molecule has 2 fully saturated rings. The van der Waals surface area contributed by atoms with Gasteiger partial charge in [-0.15, -0.1) is 0 Å². The van der Waals surface area contributed by atoms with Gasteiger partial charge >= 0.3 is 0 Å². The normalized spacial score (nSPS) is 25.8. The van der Waals surface area contributed by atoms with Crippen LogP contribution in [-0.4, -0.2) is 59.6 Å². The molecule has 3 rings (SSSR count).